The largest absolute Gasteiger partial charge is 0.486 e. The molecule has 2 aliphatic rings. The molecule has 1 saturated heterocycles. The van der Waals surface area contributed by atoms with Gasteiger partial charge in [-0.25, -0.2) is 4.79 Å². The summed E-state index contributed by atoms with van der Waals surface area (Å²) in [6.07, 6.45) is -0.263. The molecule has 166 valence electrons. The first-order valence-electron chi connectivity index (χ1n) is 10.2. The Balaban J connectivity index is 1.81. The highest BCUT2D eigenvalue weighted by molar-refractivity contribution is 6.00. The van der Waals surface area contributed by atoms with Crippen LogP contribution in [0.15, 0.2) is 12.1 Å². The van der Waals surface area contributed by atoms with E-state index in [1.807, 2.05) is 0 Å². The lowest BCUT2D eigenvalue weighted by atomic mass is 9.95. The second-order valence-electron chi connectivity index (χ2n) is 8.59. The Morgan fingerprint density at radius 2 is 2.03 bits per heavy atom. The van der Waals surface area contributed by atoms with Gasteiger partial charge in [-0.05, 0) is 39.8 Å². The number of benzene rings is 1. The standard InChI is InChI=1S/C21H31N3O6/c1-21(2,3)30-20(27)24(4)14-9-15(18-17(10-14)28-7-8-29-18)19(26)23-11-13-5-6-22-12-16(13)25/h9-10,13,16,22,25H,5-8,11-12H2,1-4H3,(H,23,26)/t13-,16+/m0/s1. The van der Waals surface area contributed by atoms with Gasteiger partial charge in [0.05, 0.1) is 17.4 Å². The third-order valence-electron chi connectivity index (χ3n) is 5.04. The zero-order valence-corrected chi connectivity index (χ0v) is 18.0. The molecule has 1 fully saturated rings. The summed E-state index contributed by atoms with van der Waals surface area (Å²) in [5, 5.41) is 16.1. The highest BCUT2D eigenvalue weighted by atomic mass is 16.6. The number of anilines is 1. The molecule has 1 aromatic rings. The lowest BCUT2D eigenvalue weighted by Crippen LogP contribution is -2.45. The van der Waals surface area contributed by atoms with Crippen molar-refractivity contribution in [2.24, 2.45) is 5.92 Å². The number of carbonyl (C=O) groups is 2. The van der Waals surface area contributed by atoms with Gasteiger partial charge in [-0.3, -0.25) is 9.69 Å². The van der Waals surface area contributed by atoms with Crippen molar-refractivity contribution in [2.45, 2.75) is 38.9 Å². The molecule has 2 aliphatic heterocycles. The van der Waals surface area contributed by atoms with Crippen molar-refractivity contribution in [1.82, 2.24) is 10.6 Å². The zero-order chi connectivity index (χ0) is 21.9. The third kappa shape index (κ3) is 5.34. The molecule has 3 rings (SSSR count). The lowest BCUT2D eigenvalue weighted by Gasteiger charge is -2.29. The second-order valence-corrected chi connectivity index (χ2v) is 8.59. The van der Waals surface area contributed by atoms with Crippen LogP contribution in [0.1, 0.15) is 37.6 Å². The zero-order valence-electron chi connectivity index (χ0n) is 18.0. The predicted octanol–water partition coefficient (Wildman–Crippen LogP) is 1.53. The first-order valence-corrected chi connectivity index (χ1v) is 10.2. The number of ether oxygens (including phenoxy) is 3. The molecule has 0 bridgehead atoms. The predicted molar refractivity (Wildman–Crippen MR) is 111 cm³/mol. The van der Waals surface area contributed by atoms with Gasteiger partial charge in [0.2, 0.25) is 0 Å². The molecule has 0 spiro atoms. The van der Waals surface area contributed by atoms with Gasteiger partial charge in [0.1, 0.15) is 18.8 Å². The molecule has 9 heteroatoms. The Labute approximate surface area is 176 Å². The number of rotatable bonds is 4. The maximum atomic E-state index is 13.0. The third-order valence-corrected chi connectivity index (χ3v) is 5.04. The Morgan fingerprint density at radius 1 is 1.30 bits per heavy atom. The molecule has 2 atom stereocenters. The molecule has 2 heterocycles. The van der Waals surface area contributed by atoms with Gasteiger partial charge < -0.3 is 30.0 Å². The van der Waals surface area contributed by atoms with E-state index in [2.05, 4.69) is 10.6 Å². The average molecular weight is 421 g/mol. The van der Waals surface area contributed by atoms with Crippen LogP contribution in [-0.2, 0) is 4.74 Å². The molecule has 9 nitrogen and oxygen atoms in total. The SMILES string of the molecule is CN(C(=O)OC(C)(C)C)c1cc2c(c(C(=O)NC[C@@H]3CCNC[C@H]3O)c1)OCCO2. The van der Waals surface area contributed by atoms with E-state index in [4.69, 9.17) is 14.2 Å². The van der Waals surface area contributed by atoms with Crippen LogP contribution in [0.3, 0.4) is 0 Å². The number of nitrogens with one attached hydrogen (secondary N) is 2. The van der Waals surface area contributed by atoms with E-state index >= 15 is 0 Å². The van der Waals surface area contributed by atoms with Crippen LogP contribution in [0.25, 0.3) is 0 Å². The number of aliphatic hydroxyl groups excluding tert-OH is 1. The van der Waals surface area contributed by atoms with Gasteiger partial charge in [-0.1, -0.05) is 0 Å². The molecule has 0 aromatic heterocycles. The van der Waals surface area contributed by atoms with Crippen LogP contribution in [0, 0.1) is 5.92 Å². The van der Waals surface area contributed by atoms with Crippen molar-refractivity contribution in [1.29, 1.82) is 0 Å². The first kappa shape index (κ1) is 22.2. The molecule has 0 aliphatic carbocycles. The van der Waals surface area contributed by atoms with Gasteiger partial charge in [-0.2, -0.15) is 0 Å². The normalized spacial score (nSPS) is 21.0. The summed E-state index contributed by atoms with van der Waals surface area (Å²) in [5.41, 5.74) is 0.0938. The number of aliphatic hydroxyl groups is 1. The number of piperidine rings is 1. The smallest absolute Gasteiger partial charge is 0.414 e. The molecule has 1 aromatic carbocycles. The van der Waals surface area contributed by atoms with Crippen molar-refractivity contribution in [3.05, 3.63) is 17.7 Å². The number of nitrogens with zero attached hydrogens (tertiary/aromatic N) is 1. The Bertz CT molecular complexity index is 792. The fourth-order valence-electron chi connectivity index (χ4n) is 3.39. The fourth-order valence-corrected chi connectivity index (χ4v) is 3.39. The number of carbonyl (C=O) groups excluding carboxylic acids is 2. The maximum absolute atomic E-state index is 13.0. The summed E-state index contributed by atoms with van der Waals surface area (Å²) in [5.74, 6) is 0.393. The van der Waals surface area contributed by atoms with Gasteiger partial charge >= 0.3 is 6.09 Å². The van der Waals surface area contributed by atoms with Crippen molar-refractivity contribution in [3.63, 3.8) is 0 Å². The van der Waals surface area contributed by atoms with Gasteiger partial charge in [0.25, 0.3) is 5.91 Å². The minimum Gasteiger partial charge on any atom is -0.486 e. The molecule has 0 radical (unpaired) electrons. The maximum Gasteiger partial charge on any atom is 0.414 e. The van der Waals surface area contributed by atoms with Crippen LogP contribution >= 0.6 is 0 Å². The first-order chi connectivity index (χ1) is 14.2. The van der Waals surface area contributed by atoms with Crippen LogP contribution in [0.2, 0.25) is 0 Å². The fraction of sp³-hybridized carbons (Fsp3) is 0.619. The van der Waals surface area contributed by atoms with Crippen molar-refractivity contribution >= 4 is 17.7 Å². The molecule has 0 saturated carbocycles. The number of hydrogen-bond donors (Lipinski definition) is 3. The summed E-state index contributed by atoms with van der Waals surface area (Å²) < 4.78 is 16.8. The van der Waals surface area contributed by atoms with Crippen molar-refractivity contribution in [3.8, 4) is 11.5 Å². The highest BCUT2D eigenvalue weighted by Gasteiger charge is 2.28. The van der Waals surface area contributed by atoms with Crippen LogP contribution in [-0.4, -0.2) is 68.7 Å². The van der Waals surface area contributed by atoms with Gasteiger partial charge in [0, 0.05) is 32.1 Å². The monoisotopic (exact) mass is 421 g/mol. The minimum atomic E-state index is -0.644. The van der Waals surface area contributed by atoms with Gasteiger partial charge in [-0.15, -0.1) is 0 Å². The van der Waals surface area contributed by atoms with E-state index in [1.165, 1.54) is 4.90 Å². The molecular formula is C21H31N3O6. The van der Waals surface area contributed by atoms with Crippen LogP contribution in [0.5, 0.6) is 11.5 Å². The van der Waals surface area contributed by atoms with Crippen LogP contribution < -0.4 is 25.0 Å². The summed E-state index contributed by atoms with van der Waals surface area (Å²) in [4.78, 5) is 26.8. The van der Waals surface area contributed by atoms with E-state index < -0.39 is 17.8 Å². The minimum absolute atomic E-state index is 0.0178. The van der Waals surface area contributed by atoms with Crippen molar-refractivity contribution in [2.75, 3.05) is 44.8 Å². The van der Waals surface area contributed by atoms with E-state index in [-0.39, 0.29) is 17.4 Å². The van der Waals surface area contributed by atoms with Crippen molar-refractivity contribution < 1.29 is 28.9 Å². The molecule has 30 heavy (non-hydrogen) atoms. The molecule has 0 unspecified atom stereocenters. The number of fused-ring (bicyclic) bond motifs is 1. The summed E-state index contributed by atoms with van der Waals surface area (Å²) >= 11 is 0. The molecule has 2 amide bonds. The van der Waals surface area contributed by atoms with Gasteiger partial charge in [0.15, 0.2) is 11.5 Å². The molecule has 3 N–H and O–H groups in total. The van der Waals surface area contributed by atoms with Crippen LogP contribution in [0.4, 0.5) is 10.5 Å². The molecular weight excluding hydrogens is 390 g/mol. The van der Waals surface area contributed by atoms with E-state index in [0.29, 0.717) is 43.5 Å². The Kier molecular flexibility index (Phi) is 6.72. The number of hydrogen-bond acceptors (Lipinski definition) is 7. The summed E-state index contributed by atoms with van der Waals surface area (Å²) in [7, 11) is 1.58. The quantitative estimate of drug-likeness (QED) is 0.676. The summed E-state index contributed by atoms with van der Waals surface area (Å²) in [6, 6.07) is 3.25. The second kappa shape index (κ2) is 9.09. The number of amides is 2. The summed E-state index contributed by atoms with van der Waals surface area (Å²) in [6.45, 7) is 7.73. The van der Waals surface area contributed by atoms with E-state index in [0.717, 1.165) is 13.0 Å². The Morgan fingerprint density at radius 3 is 2.73 bits per heavy atom. The van der Waals surface area contributed by atoms with E-state index in [9.17, 15) is 14.7 Å². The number of β-amino-alcohol motifs (C(OH)–C–C–N with tert-alkyl or cyclic N) is 1. The average Bonchev–Trinajstić information content (AvgIpc) is 2.70. The topological polar surface area (TPSA) is 109 Å². The highest BCUT2D eigenvalue weighted by Crippen LogP contribution is 2.38. The lowest BCUT2D eigenvalue weighted by molar-refractivity contribution is 0.0588. The van der Waals surface area contributed by atoms with E-state index in [1.54, 1.807) is 40.0 Å². The Hall–Kier alpha value is -2.52.